The van der Waals surface area contributed by atoms with E-state index in [4.69, 9.17) is 4.74 Å². The van der Waals surface area contributed by atoms with Crippen molar-refractivity contribution in [1.29, 1.82) is 0 Å². The third-order valence-electron chi connectivity index (χ3n) is 3.97. The van der Waals surface area contributed by atoms with Crippen molar-refractivity contribution in [2.24, 2.45) is 0 Å². The average Bonchev–Trinajstić information content (AvgIpc) is 2.62. The lowest BCUT2D eigenvalue weighted by Gasteiger charge is -2.06. The molecule has 0 N–H and O–H groups in total. The van der Waals surface area contributed by atoms with Gasteiger partial charge in [-0.15, -0.1) is 0 Å². The number of carbonyl (C=O) groups is 1. The molecule has 0 aliphatic heterocycles. The van der Waals surface area contributed by atoms with Crippen LogP contribution in [-0.2, 0) is 12.8 Å². The topological polar surface area (TPSA) is 26.3 Å². The summed E-state index contributed by atoms with van der Waals surface area (Å²) < 4.78 is 5.42. The predicted molar refractivity (Wildman–Crippen MR) is 96.4 cm³/mol. The molecule has 0 atom stereocenters. The van der Waals surface area contributed by atoms with Gasteiger partial charge >= 0.3 is 5.97 Å². The minimum atomic E-state index is -0.327. The van der Waals surface area contributed by atoms with Crippen molar-refractivity contribution < 1.29 is 9.53 Å². The highest BCUT2D eigenvalue weighted by Crippen LogP contribution is 2.16. The largest absolute Gasteiger partial charge is 0.423 e. The molecule has 0 saturated carbocycles. The van der Waals surface area contributed by atoms with E-state index in [9.17, 15) is 4.79 Å². The fourth-order valence-corrected chi connectivity index (χ4v) is 2.51. The minimum absolute atomic E-state index is 0.327. The van der Waals surface area contributed by atoms with Crippen molar-refractivity contribution in [1.82, 2.24) is 0 Å². The highest BCUT2D eigenvalue weighted by Gasteiger charge is 2.08. The predicted octanol–water partition coefficient (Wildman–Crippen LogP) is 5.00. The van der Waals surface area contributed by atoms with Gasteiger partial charge in [-0.25, -0.2) is 4.79 Å². The van der Waals surface area contributed by atoms with Crippen molar-refractivity contribution in [2.45, 2.75) is 19.8 Å². The van der Waals surface area contributed by atoms with E-state index in [2.05, 4.69) is 24.3 Å². The number of esters is 1. The fraction of sp³-hybridized carbons (Fsp3) is 0.136. The molecule has 0 spiro atoms. The molecular formula is C22H20O2. The van der Waals surface area contributed by atoms with Crippen LogP contribution in [0.4, 0.5) is 0 Å². The van der Waals surface area contributed by atoms with Crippen LogP contribution in [0.1, 0.15) is 27.0 Å². The van der Waals surface area contributed by atoms with Crippen LogP contribution in [0, 0.1) is 6.92 Å². The number of rotatable bonds is 5. The molecule has 0 aliphatic rings. The molecular weight excluding hydrogens is 296 g/mol. The first-order chi connectivity index (χ1) is 11.7. The molecule has 3 aromatic rings. The van der Waals surface area contributed by atoms with Gasteiger partial charge < -0.3 is 4.74 Å². The molecule has 120 valence electrons. The molecule has 0 saturated heterocycles. The van der Waals surface area contributed by atoms with Gasteiger partial charge in [0.25, 0.3) is 0 Å². The monoisotopic (exact) mass is 316 g/mol. The average molecular weight is 316 g/mol. The Morgan fingerprint density at radius 1 is 0.750 bits per heavy atom. The Kier molecular flexibility index (Phi) is 5.07. The number of carbonyl (C=O) groups excluding carboxylic acids is 1. The number of benzene rings is 3. The van der Waals surface area contributed by atoms with Crippen molar-refractivity contribution >= 4 is 5.97 Å². The first-order valence-electron chi connectivity index (χ1n) is 8.12. The summed E-state index contributed by atoms with van der Waals surface area (Å²) in [6.45, 7) is 1.99. The summed E-state index contributed by atoms with van der Waals surface area (Å²) in [7, 11) is 0. The smallest absolute Gasteiger partial charge is 0.343 e. The minimum Gasteiger partial charge on any atom is -0.423 e. The first-order valence-corrected chi connectivity index (χ1v) is 8.12. The summed E-state index contributed by atoms with van der Waals surface area (Å²) in [6, 6.07) is 25.5. The lowest BCUT2D eigenvalue weighted by molar-refractivity contribution is 0.0734. The van der Waals surface area contributed by atoms with E-state index in [1.165, 1.54) is 11.1 Å². The molecule has 2 nitrogen and oxygen atoms in total. The SMILES string of the molecule is Cc1ccc(C(=O)Oc2ccc(CCc3ccccc3)cc2)cc1. The van der Waals surface area contributed by atoms with Gasteiger partial charge in [0.05, 0.1) is 5.56 Å². The molecule has 3 rings (SSSR count). The Hall–Kier alpha value is -2.87. The third kappa shape index (κ3) is 4.32. The summed E-state index contributed by atoms with van der Waals surface area (Å²) in [5, 5.41) is 0. The van der Waals surface area contributed by atoms with E-state index < -0.39 is 0 Å². The van der Waals surface area contributed by atoms with Crippen LogP contribution in [0.2, 0.25) is 0 Å². The van der Waals surface area contributed by atoms with Crippen molar-refractivity contribution in [3.8, 4) is 5.75 Å². The molecule has 3 aromatic carbocycles. The molecule has 0 heterocycles. The molecule has 2 heteroatoms. The molecule has 0 aliphatic carbocycles. The summed E-state index contributed by atoms with van der Waals surface area (Å²) in [5.74, 6) is 0.246. The molecule has 0 bridgehead atoms. The van der Waals surface area contributed by atoms with Gasteiger partial charge in [0, 0.05) is 0 Å². The Morgan fingerprint density at radius 2 is 1.33 bits per heavy atom. The van der Waals surface area contributed by atoms with Crippen molar-refractivity contribution in [2.75, 3.05) is 0 Å². The van der Waals surface area contributed by atoms with Gasteiger partial charge in [-0.05, 0) is 55.2 Å². The van der Waals surface area contributed by atoms with Crippen LogP contribution in [0.5, 0.6) is 5.75 Å². The lowest BCUT2D eigenvalue weighted by atomic mass is 10.0. The zero-order valence-corrected chi connectivity index (χ0v) is 13.7. The third-order valence-corrected chi connectivity index (χ3v) is 3.97. The number of ether oxygens (including phenoxy) is 1. The van der Waals surface area contributed by atoms with Crippen LogP contribution >= 0.6 is 0 Å². The van der Waals surface area contributed by atoms with E-state index >= 15 is 0 Å². The summed E-state index contributed by atoms with van der Waals surface area (Å²) in [4.78, 5) is 12.1. The molecule has 24 heavy (non-hydrogen) atoms. The van der Waals surface area contributed by atoms with Crippen LogP contribution in [-0.4, -0.2) is 5.97 Å². The van der Waals surface area contributed by atoms with Gasteiger partial charge in [-0.1, -0.05) is 60.2 Å². The number of hydrogen-bond acceptors (Lipinski definition) is 2. The van der Waals surface area contributed by atoms with Crippen molar-refractivity contribution in [3.63, 3.8) is 0 Å². The molecule has 0 amide bonds. The van der Waals surface area contributed by atoms with Gasteiger partial charge in [0.2, 0.25) is 0 Å². The van der Waals surface area contributed by atoms with E-state index in [0.29, 0.717) is 11.3 Å². The maximum atomic E-state index is 12.1. The highest BCUT2D eigenvalue weighted by atomic mass is 16.5. The second kappa shape index (κ2) is 7.60. The van der Waals surface area contributed by atoms with Gasteiger partial charge in [0.15, 0.2) is 0 Å². The van der Waals surface area contributed by atoms with Gasteiger partial charge in [0.1, 0.15) is 5.75 Å². The quantitative estimate of drug-likeness (QED) is 0.489. The summed E-state index contributed by atoms with van der Waals surface area (Å²) in [6.07, 6.45) is 1.97. The fourth-order valence-electron chi connectivity index (χ4n) is 2.51. The maximum absolute atomic E-state index is 12.1. The molecule has 0 fully saturated rings. The van der Waals surface area contributed by atoms with Crippen LogP contribution < -0.4 is 4.74 Å². The van der Waals surface area contributed by atoms with Crippen LogP contribution in [0.25, 0.3) is 0 Å². The Balaban J connectivity index is 1.58. The summed E-state index contributed by atoms with van der Waals surface area (Å²) >= 11 is 0. The maximum Gasteiger partial charge on any atom is 0.343 e. The second-order valence-corrected chi connectivity index (χ2v) is 5.89. The number of aryl methyl sites for hydroxylation is 3. The Bertz CT molecular complexity index is 788. The highest BCUT2D eigenvalue weighted by molar-refractivity contribution is 5.91. The van der Waals surface area contributed by atoms with E-state index in [0.717, 1.165) is 18.4 Å². The van der Waals surface area contributed by atoms with Crippen LogP contribution in [0.15, 0.2) is 78.9 Å². The Morgan fingerprint density at radius 3 is 1.96 bits per heavy atom. The lowest BCUT2D eigenvalue weighted by Crippen LogP contribution is -2.08. The van der Waals surface area contributed by atoms with Crippen molar-refractivity contribution in [3.05, 3.63) is 101 Å². The zero-order chi connectivity index (χ0) is 16.8. The van der Waals surface area contributed by atoms with E-state index in [1.54, 1.807) is 12.1 Å². The Labute approximate surface area is 142 Å². The van der Waals surface area contributed by atoms with E-state index in [1.807, 2.05) is 49.4 Å². The molecule has 0 radical (unpaired) electrons. The van der Waals surface area contributed by atoms with E-state index in [-0.39, 0.29) is 5.97 Å². The van der Waals surface area contributed by atoms with Crippen LogP contribution in [0.3, 0.4) is 0 Å². The first kappa shape index (κ1) is 16.0. The number of hydrogen-bond donors (Lipinski definition) is 0. The standard InChI is InChI=1S/C22H20O2/c1-17-7-13-20(14-8-17)22(23)24-21-15-11-19(12-16-21)10-9-18-5-3-2-4-6-18/h2-8,11-16H,9-10H2,1H3. The van der Waals surface area contributed by atoms with Gasteiger partial charge in [-0.3, -0.25) is 0 Å². The molecule has 0 aromatic heterocycles. The zero-order valence-electron chi connectivity index (χ0n) is 13.7. The second-order valence-electron chi connectivity index (χ2n) is 5.89. The normalized spacial score (nSPS) is 10.4. The summed E-state index contributed by atoms with van der Waals surface area (Å²) in [5.41, 5.74) is 4.24. The van der Waals surface area contributed by atoms with Gasteiger partial charge in [-0.2, -0.15) is 0 Å². The molecule has 0 unspecified atom stereocenters.